The monoisotopic (exact) mass is 293 g/mol. The van der Waals surface area contributed by atoms with Gasteiger partial charge in [0.15, 0.2) is 6.10 Å². The van der Waals surface area contributed by atoms with E-state index in [4.69, 9.17) is 4.74 Å². The maximum absolute atomic E-state index is 12.0. The van der Waals surface area contributed by atoms with Crippen molar-refractivity contribution in [3.05, 3.63) is 29.3 Å². The maximum atomic E-state index is 12.0. The number of carbonyl (C=O) groups is 2. The van der Waals surface area contributed by atoms with E-state index in [0.717, 1.165) is 18.4 Å². The lowest BCUT2D eigenvalue weighted by Crippen LogP contribution is -2.41. The zero-order chi connectivity index (χ0) is 16.0. The third-order valence-corrected chi connectivity index (χ3v) is 3.15. The molecule has 5 heteroatoms. The summed E-state index contributed by atoms with van der Waals surface area (Å²) in [6.07, 6.45) is 1.13. The molecule has 0 aliphatic carbocycles. The van der Waals surface area contributed by atoms with Gasteiger partial charge in [0.05, 0.1) is 0 Å². The van der Waals surface area contributed by atoms with Crippen molar-refractivity contribution in [3.8, 4) is 5.75 Å². The second kappa shape index (κ2) is 7.67. The van der Waals surface area contributed by atoms with Gasteiger partial charge in [0.2, 0.25) is 0 Å². The van der Waals surface area contributed by atoms with Crippen LogP contribution in [-0.4, -0.2) is 29.1 Å². The Morgan fingerprint density at radius 1 is 1.33 bits per heavy atom. The molecule has 0 spiro atoms. The number of hydrogen-bond donors (Lipinski definition) is 2. The van der Waals surface area contributed by atoms with E-state index in [1.807, 2.05) is 13.8 Å². The van der Waals surface area contributed by atoms with E-state index in [2.05, 4.69) is 5.32 Å². The van der Waals surface area contributed by atoms with E-state index in [1.54, 1.807) is 26.0 Å². The minimum absolute atomic E-state index is 0.0660. The summed E-state index contributed by atoms with van der Waals surface area (Å²) in [5, 5.41) is 12.0. The van der Waals surface area contributed by atoms with Gasteiger partial charge < -0.3 is 15.2 Å². The van der Waals surface area contributed by atoms with Crippen LogP contribution in [0.5, 0.6) is 5.75 Å². The van der Waals surface area contributed by atoms with Crippen molar-refractivity contribution >= 4 is 11.9 Å². The Labute approximate surface area is 125 Å². The van der Waals surface area contributed by atoms with Crippen LogP contribution in [-0.2, 0) is 4.79 Å². The number of ether oxygens (including phenoxy) is 1. The number of benzene rings is 1. The number of nitrogens with one attached hydrogen (secondary N) is 1. The molecule has 0 saturated carbocycles. The molecule has 2 N–H and O–H groups in total. The van der Waals surface area contributed by atoms with Crippen LogP contribution in [0.25, 0.3) is 0 Å². The molecule has 0 heterocycles. The molecule has 0 saturated heterocycles. The smallest absolute Gasteiger partial charge is 0.339 e. The highest BCUT2D eigenvalue weighted by Crippen LogP contribution is 2.21. The fraction of sp³-hybridized carbons (Fsp3) is 0.500. The van der Waals surface area contributed by atoms with Gasteiger partial charge in [-0.1, -0.05) is 25.0 Å². The summed E-state index contributed by atoms with van der Waals surface area (Å²) in [4.78, 5) is 23.2. The van der Waals surface area contributed by atoms with Crippen molar-refractivity contribution in [2.45, 2.75) is 52.7 Å². The lowest BCUT2D eigenvalue weighted by atomic mass is 10.1. The number of carboxylic acid groups (broad SMARTS) is 1. The third-order valence-electron chi connectivity index (χ3n) is 3.15. The molecule has 2 unspecified atom stereocenters. The number of hydrogen-bond acceptors (Lipinski definition) is 3. The summed E-state index contributed by atoms with van der Waals surface area (Å²) in [6.45, 7) is 7.40. The van der Waals surface area contributed by atoms with Crippen LogP contribution in [0.1, 0.15) is 49.5 Å². The van der Waals surface area contributed by atoms with E-state index in [9.17, 15) is 14.7 Å². The van der Waals surface area contributed by atoms with Crippen molar-refractivity contribution in [1.82, 2.24) is 5.32 Å². The van der Waals surface area contributed by atoms with Gasteiger partial charge in [0.25, 0.3) is 5.91 Å². The van der Waals surface area contributed by atoms with Crippen LogP contribution in [0.15, 0.2) is 18.2 Å². The lowest BCUT2D eigenvalue weighted by Gasteiger charge is -2.19. The van der Waals surface area contributed by atoms with Crippen LogP contribution in [0.2, 0.25) is 0 Å². The topological polar surface area (TPSA) is 75.6 Å². The molecule has 1 aromatic rings. The minimum atomic E-state index is -1.07. The largest absolute Gasteiger partial charge is 0.480 e. The predicted molar refractivity (Wildman–Crippen MR) is 80.7 cm³/mol. The van der Waals surface area contributed by atoms with Crippen molar-refractivity contribution < 1.29 is 19.4 Å². The number of carbonyl (C=O) groups excluding carboxylic acids is 1. The van der Waals surface area contributed by atoms with E-state index in [0.29, 0.717) is 0 Å². The number of rotatable bonds is 7. The van der Waals surface area contributed by atoms with Crippen molar-refractivity contribution in [3.63, 3.8) is 0 Å². The predicted octanol–water partition coefficient (Wildman–Crippen LogP) is 2.77. The molecule has 0 radical (unpaired) electrons. The van der Waals surface area contributed by atoms with Crippen LogP contribution < -0.4 is 10.1 Å². The Morgan fingerprint density at radius 3 is 2.57 bits per heavy atom. The molecule has 0 aliphatic rings. The number of aromatic carboxylic acids is 1. The Morgan fingerprint density at radius 2 is 2.00 bits per heavy atom. The zero-order valence-electron chi connectivity index (χ0n) is 13.0. The van der Waals surface area contributed by atoms with Crippen molar-refractivity contribution in [1.29, 1.82) is 0 Å². The molecular weight excluding hydrogens is 270 g/mol. The van der Waals surface area contributed by atoms with Crippen LogP contribution in [0.3, 0.4) is 0 Å². The second-order valence-corrected chi connectivity index (χ2v) is 5.26. The maximum Gasteiger partial charge on any atom is 0.339 e. The van der Waals surface area contributed by atoms with Gasteiger partial charge in [0.1, 0.15) is 11.3 Å². The highest BCUT2D eigenvalue weighted by atomic mass is 16.5. The van der Waals surface area contributed by atoms with Gasteiger partial charge in [-0.15, -0.1) is 0 Å². The minimum Gasteiger partial charge on any atom is -0.480 e. The molecule has 0 bridgehead atoms. The summed E-state index contributed by atoms with van der Waals surface area (Å²) in [5.74, 6) is -1.10. The number of aryl methyl sites for hydroxylation is 1. The molecule has 1 aromatic carbocycles. The molecule has 1 amide bonds. The van der Waals surface area contributed by atoms with E-state index in [1.165, 1.54) is 6.07 Å². The van der Waals surface area contributed by atoms with E-state index < -0.39 is 12.1 Å². The van der Waals surface area contributed by atoms with Gasteiger partial charge in [-0.05, 0) is 39.3 Å². The highest BCUT2D eigenvalue weighted by molar-refractivity contribution is 5.91. The zero-order valence-corrected chi connectivity index (χ0v) is 13.0. The molecule has 0 aliphatic heterocycles. The Kier molecular flexibility index (Phi) is 6.21. The highest BCUT2D eigenvalue weighted by Gasteiger charge is 2.20. The van der Waals surface area contributed by atoms with Gasteiger partial charge >= 0.3 is 5.97 Å². The van der Waals surface area contributed by atoms with Gasteiger partial charge in [-0.2, -0.15) is 0 Å². The van der Waals surface area contributed by atoms with Crippen LogP contribution in [0, 0.1) is 6.92 Å². The first kappa shape index (κ1) is 17.0. The molecule has 0 aromatic heterocycles. The first-order chi connectivity index (χ1) is 9.85. The quantitative estimate of drug-likeness (QED) is 0.810. The summed E-state index contributed by atoms with van der Waals surface area (Å²) in [6, 6.07) is 4.94. The Bertz CT molecular complexity index is 513. The summed E-state index contributed by atoms with van der Waals surface area (Å²) < 4.78 is 5.51. The van der Waals surface area contributed by atoms with Gasteiger partial charge in [0, 0.05) is 6.04 Å². The molecule has 2 atom stereocenters. The summed E-state index contributed by atoms with van der Waals surface area (Å²) >= 11 is 0. The molecule has 116 valence electrons. The van der Waals surface area contributed by atoms with Gasteiger partial charge in [-0.3, -0.25) is 4.79 Å². The molecule has 1 rings (SSSR count). The average molecular weight is 293 g/mol. The van der Waals surface area contributed by atoms with Crippen molar-refractivity contribution in [2.24, 2.45) is 0 Å². The van der Waals surface area contributed by atoms with Crippen LogP contribution in [0.4, 0.5) is 0 Å². The summed E-state index contributed by atoms with van der Waals surface area (Å²) in [7, 11) is 0. The van der Waals surface area contributed by atoms with E-state index >= 15 is 0 Å². The lowest BCUT2D eigenvalue weighted by molar-refractivity contribution is -0.127. The SMILES string of the molecule is CCCC(C)NC(=O)C(C)Oc1ccc(C)cc1C(=O)O. The van der Waals surface area contributed by atoms with Crippen LogP contribution >= 0.6 is 0 Å². The van der Waals surface area contributed by atoms with E-state index in [-0.39, 0.29) is 23.3 Å². The number of carboxylic acids is 1. The second-order valence-electron chi connectivity index (χ2n) is 5.26. The average Bonchev–Trinajstić information content (AvgIpc) is 2.40. The Balaban J connectivity index is 2.76. The van der Waals surface area contributed by atoms with Crippen molar-refractivity contribution in [2.75, 3.05) is 0 Å². The molecule has 5 nitrogen and oxygen atoms in total. The third kappa shape index (κ3) is 5.10. The fourth-order valence-corrected chi connectivity index (χ4v) is 2.02. The molecule has 0 fully saturated rings. The fourth-order valence-electron chi connectivity index (χ4n) is 2.02. The standard InChI is InChI=1S/C16H23NO4/c1-5-6-11(3)17-15(18)12(4)21-14-8-7-10(2)9-13(14)16(19)20/h7-9,11-12H,5-6H2,1-4H3,(H,17,18)(H,19,20). The van der Waals surface area contributed by atoms with Gasteiger partial charge in [-0.25, -0.2) is 4.79 Å². The summed E-state index contributed by atoms with van der Waals surface area (Å²) in [5.41, 5.74) is 0.893. The molecular formula is C16H23NO4. The first-order valence-electron chi connectivity index (χ1n) is 7.16. The molecule has 21 heavy (non-hydrogen) atoms. The Hall–Kier alpha value is -2.04. The number of amides is 1. The normalized spacial score (nSPS) is 13.3. The first-order valence-corrected chi connectivity index (χ1v) is 7.16.